The second kappa shape index (κ2) is 4.53. The van der Waals surface area contributed by atoms with Crippen molar-refractivity contribution in [2.45, 2.75) is 39.2 Å². The summed E-state index contributed by atoms with van der Waals surface area (Å²) in [4.78, 5) is 15.7. The fraction of sp³-hybridized carbons (Fsp3) is 0.462. The number of nitrogens with zero attached hydrogens (tertiary/aromatic N) is 3. The van der Waals surface area contributed by atoms with Gasteiger partial charge >= 0.3 is 0 Å². The Morgan fingerprint density at radius 1 is 1.47 bits per heavy atom. The normalized spacial score (nSPS) is 12.1. The molecule has 0 aliphatic heterocycles. The number of nitrogens with one attached hydrogen (secondary N) is 1. The second-order valence-corrected chi connectivity index (χ2v) is 5.44. The lowest BCUT2D eigenvalue weighted by Gasteiger charge is -2.23. The molecule has 0 atom stereocenters. The molecule has 102 valence electrons. The van der Waals surface area contributed by atoms with Crippen LogP contribution < -0.4 is 11.1 Å². The van der Waals surface area contributed by atoms with Crippen LogP contribution in [0.4, 0.5) is 5.82 Å². The van der Waals surface area contributed by atoms with Crippen molar-refractivity contribution in [1.29, 1.82) is 0 Å². The Labute approximate surface area is 112 Å². The largest absolute Gasteiger partial charge is 0.368 e. The fourth-order valence-corrected chi connectivity index (χ4v) is 1.68. The molecule has 6 nitrogen and oxygen atoms in total. The van der Waals surface area contributed by atoms with Gasteiger partial charge in [-0.2, -0.15) is 5.10 Å². The number of fused-ring (bicyclic) bond motifs is 1. The number of hydrogen-bond donors (Lipinski definition) is 2. The van der Waals surface area contributed by atoms with Crippen molar-refractivity contribution in [1.82, 2.24) is 14.6 Å². The first kappa shape index (κ1) is 13.3. The van der Waals surface area contributed by atoms with E-state index in [4.69, 9.17) is 5.73 Å². The van der Waals surface area contributed by atoms with E-state index in [1.807, 2.05) is 6.07 Å². The highest BCUT2D eigenvalue weighted by Crippen LogP contribution is 2.22. The van der Waals surface area contributed by atoms with Crippen LogP contribution in [0.15, 0.2) is 18.5 Å². The summed E-state index contributed by atoms with van der Waals surface area (Å²) in [5, 5.41) is 7.53. The number of aromatic nitrogens is 3. The van der Waals surface area contributed by atoms with Gasteiger partial charge in [-0.25, -0.2) is 9.50 Å². The average Bonchev–Trinajstić information content (AvgIpc) is 2.73. The van der Waals surface area contributed by atoms with Crippen LogP contribution in [0.3, 0.4) is 0 Å². The Hall–Kier alpha value is -2.11. The Balaban J connectivity index is 2.46. The molecule has 0 saturated carbocycles. The van der Waals surface area contributed by atoms with E-state index >= 15 is 0 Å². The molecule has 0 fully saturated rings. The molecule has 2 rings (SSSR count). The molecule has 6 heteroatoms. The number of rotatable bonds is 4. The zero-order chi connectivity index (χ0) is 14.2. The quantitative estimate of drug-likeness (QED) is 0.874. The smallest absolute Gasteiger partial charge is 0.242 e. The first-order valence-electron chi connectivity index (χ1n) is 6.23. The summed E-state index contributed by atoms with van der Waals surface area (Å²) in [7, 11) is 0. The highest BCUT2D eigenvalue weighted by molar-refractivity contribution is 5.88. The highest BCUT2D eigenvalue weighted by atomic mass is 16.1. The van der Waals surface area contributed by atoms with Gasteiger partial charge in [-0.1, -0.05) is 13.8 Å². The minimum atomic E-state index is -0.864. The third kappa shape index (κ3) is 2.52. The second-order valence-electron chi connectivity index (χ2n) is 5.44. The van der Waals surface area contributed by atoms with Crippen LogP contribution in [0.2, 0.25) is 0 Å². The van der Waals surface area contributed by atoms with Crippen LogP contribution >= 0.6 is 0 Å². The van der Waals surface area contributed by atoms with Gasteiger partial charge in [-0.3, -0.25) is 4.79 Å². The van der Waals surface area contributed by atoms with Crippen LogP contribution in [0.1, 0.15) is 39.3 Å². The Morgan fingerprint density at radius 3 is 2.74 bits per heavy atom. The zero-order valence-electron chi connectivity index (χ0n) is 11.6. The molecule has 2 aromatic heterocycles. The summed E-state index contributed by atoms with van der Waals surface area (Å²) < 4.78 is 1.75. The van der Waals surface area contributed by atoms with Gasteiger partial charge in [0.25, 0.3) is 0 Å². The molecule has 0 radical (unpaired) electrons. The summed E-state index contributed by atoms with van der Waals surface area (Å²) in [5.74, 6) is 0.502. The first-order chi connectivity index (χ1) is 8.81. The molecule has 0 aliphatic rings. The van der Waals surface area contributed by atoms with Crippen molar-refractivity contribution < 1.29 is 4.79 Å². The maximum atomic E-state index is 11.4. The number of amides is 1. The molecular weight excluding hydrogens is 242 g/mol. The van der Waals surface area contributed by atoms with Gasteiger partial charge in [-0.15, -0.1) is 0 Å². The Morgan fingerprint density at radius 2 is 2.16 bits per heavy atom. The highest BCUT2D eigenvalue weighted by Gasteiger charge is 2.26. The minimum absolute atomic E-state index is 0.330. The van der Waals surface area contributed by atoms with Crippen molar-refractivity contribution in [3.8, 4) is 0 Å². The molecular formula is C13H19N5O. The van der Waals surface area contributed by atoms with Gasteiger partial charge < -0.3 is 11.1 Å². The molecule has 1 amide bonds. The maximum Gasteiger partial charge on any atom is 0.242 e. The number of carbonyl (C=O) groups excluding carboxylic acids is 1. The molecule has 0 unspecified atom stereocenters. The Bertz CT molecular complexity index is 615. The third-order valence-electron chi connectivity index (χ3n) is 3.05. The number of anilines is 1. The molecule has 2 aromatic rings. The number of primary amides is 1. The van der Waals surface area contributed by atoms with Crippen LogP contribution in [-0.2, 0) is 4.79 Å². The molecule has 2 heterocycles. The molecule has 19 heavy (non-hydrogen) atoms. The summed E-state index contributed by atoms with van der Waals surface area (Å²) in [6.45, 7) is 7.60. The van der Waals surface area contributed by atoms with E-state index < -0.39 is 11.4 Å². The summed E-state index contributed by atoms with van der Waals surface area (Å²) in [5.41, 5.74) is 6.31. The van der Waals surface area contributed by atoms with Gasteiger partial charge in [-0.05, 0) is 25.8 Å². The molecule has 3 N–H and O–H groups in total. The van der Waals surface area contributed by atoms with Crippen molar-refractivity contribution in [2.24, 2.45) is 5.73 Å². The van der Waals surface area contributed by atoms with E-state index in [-0.39, 0.29) is 0 Å². The van der Waals surface area contributed by atoms with E-state index in [9.17, 15) is 4.79 Å². The minimum Gasteiger partial charge on any atom is -0.368 e. The zero-order valence-corrected chi connectivity index (χ0v) is 11.6. The topological polar surface area (TPSA) is 85.3 Å². The molecule has 0 aromatic carbocycles. The SMILES string of the molecule is CC(C)c1cc2c(NC(C)(C)C(N)=O)nccn2n1. The van der Waals surface area contributed by atoms with Crippen molar-refractivity contribution in [2.75, 3.05) is 5.32 Å². The van der Waals surface area contributed by atoms with E-state index in [1.165, 1.54) is 0 Å². The van der Waals surface area contributed by atoms with Gasteiger partial charge in [0.2, 0.25) is 5.91 Å². The Kier molecular flexibility index (Phi) is 3.18. The number of nitrogens with two attached hydrogens (primary N) is 1. The van der Waals surface area contributed by atoms with Gasteiger partial charge in [0, 0.05) is 12.4 Å². The summed E-state index contributed by atoms with van der Waals surface area (Å²) >= 11 is 0. The molecule has 0 bridgehead atoms. The predicted octanol–water partition coefficient (Wildman–Crippen LogP) is 1.53. The average molecular weight is 261 g/mol. The molecule has 0 saturated heterocycles. The van der Waals surface area contributed by atoms with Crippen LogP contribution in [0.5, 0.6) is 0 Å². The van der Waals surface area contributed by atoms with Crippen molar-refractivity contribution >= 4 is 17.2 Å². The fourth-order valence-electron chi connectivity index (χ4n) is 1.68. The van der Waals surface area contributed by atoms with Crippen LogP contribution in [0.25, 0.3) is 5.52 Å². The van der Waals surface area contributed by atoms with Crippen LogP contribution in [0, 0.1) is 0 Å². The lowest BCUT2D eigenvalue weighted by molar-refractivity contribution is -0.121. The lowest BCUT2D eigenvalue weighted by atomic mass is 10.1. The van der Waals surface area contributed by atoms with E-state index in [0.717, 1.165) is 11.2 Å². The van der Waals surface area contributed by atoms with Crippen molar-refractivity contribution in [3.63, 3.8) is 0 Å². The van der Waals surface area contributed by atoms with Gasteiger partial charge in [0.05, 0.1) is 5.69 Å². The van der Waals surface area contributed by atoms with Gasteiger partial charge in [0.15, 0.2) is 5.82 Å². The predicted molar refractivity (Wildman–Crippen MR) is 74.0 cm³/mol. The summed E-state index contributed by atoms with van der Waals surface area (Å²) in [6.07, 6.45) is 3.42. The molecule has 0 spiro atoms. The third-order valence-corrected chi connectivity index (χ3v) is 3.05. The first-order valence-corrected chi connectivity index (χ1v) is 6.23. The van der Waals surface area contributed by atoms with E-state index in [2.05, 4.69) is 29.2 Å². The number of carbonyl (C=O) groups is 1. The molecule has 0 aliphatic carbocycles. The van der Waals surface area contributed by atoms with E-state index in [0.29, 0.717) is 11.7 Å². The van der Waals surface area contributed by atoms with Crippen molar-refractivity contribution in [3.05, 3.63) is 24.2 Å². The van der Waals surface area contributed by atoms with Gasteiger partial charge in [0.1, 0.15) is 11.1 Å². The lowest BCUT2D eigenvalue weighted by Crippen LogP contribution is -2.45. The van der Waals surface area contributed by atoms with E-state index in [1.54, 1.807) is 30.8 Å². The monoisotopic (exact) mass is 261 g/mol. The standard InChI is InChI=1S/C13H19N5O/c1-8(2)9-7-10-11(15-5-6-18(10)17-9)16-13(3,4)12(14)19/h5-8H,1-4H3,(H2,14,19)(H,15,16). The van der Waals surface area contributed by atoms with Crippen LogP contribution in [-0.4, -0.2) is 26.0 Å². The summed E-state index contributed by atoms with van der Waals surface area (Å²) in [6, 6.07) is 1.97. The number of hydrogen-bond acceptors (Lipinski definition) is 4. The maximum absolute atomic E-state index is 11.4.